The van der Waals surface area contributed by atoms with Crippen molar-refractivity contribution in [2.75, 3.05) is 13.7 Å². The normalized spacial score (nSPS) is 11.6. The number of hydrogen-bond donors (Lipinski definition) is 1. The van der Waals surface area contributed by atoms with Gasteiger partial charge >= 0.3 is 0 Å². The predicted molar refractivity (Wildman–Crippen MR) is 95.7 cm³/mol. The molecule has 0 aromatic heterocycles. The highest BCUT2D eigenvalue weighted by molar-refractivity contribution is 6.30. The molecule has 1 N–H and O–H groups in total. The minimum Gasteiger partial charge on any atom is -0.497 e. The molecule has 2 aromatic rings. The second-order valence-electron chi connectivity index (χ2n) is 5.47. The van der Waals surface area contributed by atoms with Gasteiger partial charge in [0.1, 0.15) is 11.5 Å². The van der Waals surface area contributed by atoms with Crippen molar-refractivity contribution in [3.05, 3.63) is 59.1 Å². The number of methoxy groups -OCH3 is 1. The highest BCUT2D eigenvalue weighted by atomic mass is 35.5. The summed E-state index contributed by atoms with van der Waals surface area (Å²) in [5.41, 5.74) is 0.991. The molecule has 2 rings (SSSR count). The van der Waals surface area contributed by atoms with Crippen LogP contribution in [0.1, 0.15) is 31.4 Å². The highest BCUT2D eigenvalue weighted by Gasteiger charge is 2.09. The molecule has 0 radical (unpaired) electrons. The summed E-state index contributed by atoms with van der Waals surface area (Å²) in [6.45, 7) is 2.43. The Kier molecular flexibility index (Phi) is 6.94. The van der Waals surface area contributed by atoms with E-state index in [1.54, 1.807) is 7.11 Å². The second kappa shape index (κ2) is 9.18. The third-order valence-electron chi connectivity index (χ3n) is 3.60. The fourth-order valence-corrected chi connectivity index (χ4v) is 2.47. The van der Waals surface area contributed by atoms with Crippen LogP contribution in [-0.2, 0) is 4.79 Å². The van der Waals surface area contributed by atoms with Crippen LogP contribution in [0.4, 0.5) is 0 Å². The van der Waals surface area contributed by atoms with Gasteiger partial charge in [-0.05, 0) is 55.3 Å². The topological polar surface area (TPSA) is 47.6 Å². The number of benzene rings is 2. The van der Waals surface area contributed by atoms with Gasteiger partial charge in [-0.3, -0.25) is 4.79 Å². The molecule has 0 aliphatic heterocycles. The van der Waals surface area contributed by atoms with Crippen LogP contribution in [0, 0.1) is 0 Å². The Morgan fingerprint density at radius 2 is 1.88 bits per heavy atom. The van der Waals surface area contributed by atoms with Gasteiger partial charge in [-0.15, -0.1) is 0 Å². The molecule has 0 spiro atoms. The van der Waals surface area contributed by atoms with Gasteiger partial charge in [-0.1, -0.05) is 23.7 Å². The fraction of sp³-hybridized carbons (Fsp3) is 0.316. The Morgan fingerprint density at radius 3 is 2.54 bits per heavy atom. The molecule has 4 nitrogen and oxygen atoms in total. The lowest BCUT2D eigenvalue weighted by atomic mass is 10.1. The van der Waals surface area contributed by atoms with Crippen molar-refractivity contribution >= 4 is 17.5 Å². The van der Waals surface area contributed by atoms with Crippen LogP contribution in [-0.4, -0.2) is 19.6 Å². The van der Waals surface area contributed by atoms with Crippen LogP contribution < -0.4 is 14.8 Å². The average molecular weight is 348 g/mol. The lowest BCUT2D eigenvalue weighted by Gasteiger charge is -2.14. The van der Waals surface area contributed by atoms with E-state index in [-0.39, 0.29) is 11.9 Å². The van der Waals surface area contributed by atoms with E-state index in [9.17, 15) is 4.79 Å². The molecule has 24 heavy (non-hydrogen) atoms. The van der Waals surface area contributed by atoms with E-state index in [4.69, 9.17) is 21.1 Å². The zero-order valence-corrected chi connectivity index (χ0v) is 14.7. The van der Waals surface area contributed by atoms with Crippen molar-refractivity contribution in [2.45, 2.75) is 25.8 Å². The van der Waals surface area contributed by atoms with Crippen LogP contribution in [0.5, 0.6) is 11.5 Å². The summed E-state index contributed by atoms with van der Waals surface area (Å²) in [5.74, 6) is 1.56. The molecule has 0 saturated carbocycles. The Bertz CT molecular complexity index is 658. The van der Waals surface area contributed by atoms with Crippen LogP contribution >= 0.6 is 11.6 Å². The number of nitrogens with one attached hydrogen (secondary N) is 1. The minimum absolute atomic E-state index is 0.000747. The second-order valence-corrected chi connectivity index (χ2v) is 5.91. The first-order chi connectivity index (χ1) is 11.6. The van der Waals surface area contributed by atoms with Gasteiger partial charge < -0.3 is 14.8 Å². The molecule has 0 fully saturated rings. The van der Waals surface area contributed by atoms with Gasteiger partial charge in [0.05, 0.1) is 19.8 Å². The van der Waals surface area contributed by atoms with Crippen molar-refractivity contribution < 1.29 is 14.3 Å². The third kappa shape index (κ3) is 5.78. The minimum atomic E-state index is -0.0706. The summed E-state index contributed by atoms with van der Waals surface area (Å²) in [4.78, 5) is 12.0. The smallest absolute Gasteiger partial charge is 0.220 e. The fourth-order valence-electron chi connectivity index (χ4n) is 2.27. The monoisotopic (exact) mass is 347 g/mol. The lowest BCUT2D eigenvalue weighted by Crippen LogP contribution is -2.26. The predicted octanol–water partition coefficient (Wildman–Crippen LogP) is 4.39. The maximum Gasteiger partial charge on any atom is 0.220 e. The molecule has 128 valence electrons. The zero-order valence-electron chi connectivity index (χ0n) is 13.9. The Balaban J connectivity index is 1.69. The van der Waals surface area contributed by atoms with Gasteiger partial charge in [-0.25, -0.2) is 0 Å². The van der Waals surface area contributed by atoms with Gasteiger partial charge in [0.25, 0.3) is 0 Å². The number of hydrogen-bond acceptors (Lipinski definition) is 3. The number of amides is 1. The molecule has 0 heterocycles. The number of carbonyl (C=O) groups is 1. The molecular weight excluding hydrogens is 326 g/mol. The van der Waals surface area contributed by atoms with Crippen LogP contribution in [0.3, 0.4) is 0 Å². The number of halogens is 1. The standard InChI is InChI=1S/C19H22ClNO3/c1-14(15-5-3-6-16(20)13-15)21-19(22)7-4-12-24-18-10-8-17(23-2)9-11-18/h3,5-6,8-11,13-14H,4,7,12H2,1-2H3,(H,21,22). The van der Waals surface area contributed by atoms with Crippen LogP contribution in [0.25, 0.3) is 0 Å². The van der Waals surface area contributed by atoms with E-state index in [1.807, 2.05) is 55.5 Å². The van der Waals surface area contributed by atoms with E-state index in [2.05, 4.69) is 5.32 Å². The van der Waals surface area contributed by atoms with Gasteiger partial charge in [0.15, 0.2) is 0 Å². The summed E-state index contributed by atoms with van der Waals surface area (Å²) in [5, 5.41) is 3.64. The van der Waals surface area contributed by atoms with Crippen molar-refractivity contribution in [1.29, 1.82) is 0 Å². The summed E-state index contributed by atoms with van der Waals surface area (Å²) >= 11 is 5.97. The number of carbonyl (C=O) groups excluding carboxylic acids is 1. The van der Waals surface area contributed by atoms with Crippen LogP contribution in [0.15, 0.2) is 48.5 Å². The molecule has 1 amide bonds. The summed E-state index contributed by atoms with van der Waals surface area (Å²) in [6.07, 6.45) is 1.07. The lowest BCUT2D eigenvalue weighted by molar-refractivity contribution is -0.121. The quantitative estimate of drug-likeness (QED) is 0.721. The van der Waals surface area contributed by atoms with Crippen molar-refractivity contribution in [3.63, 3.8) is 0 Å². The SMILES string of the molecule is COc1ccc(OCCCC(=O)NC(C)c2cccc(Cl)c2)cc1. The van der Waals surface area contributed by atoms with Gasteiger partial charge in [0.2, 0.25) is 5.91 Å². The summed E-state index contributed by atoms with van der Waals surface area (Å²) in [6, 6.07) is 14.8. The van der Waals surface area contributed by atoms with E-state index in [0.29, 0.717) is 24.5 Å². The summed E-state index contributed by atoms with van der Waals surface area (Å²) in [7, 11) is 1.62. The molecule has 0 aliphatic rings. The van der Waals surface area contributed by atoms with Gasteiger partial charge in [-0.2, -0.15) is 0 Å². The van der Waals surface area contributed by atoms with Crippen molar-refractivity contribution in [3.8, 4) is 11.5 Å². The van der Waals surface area contributed by atoms with E-state index >= 15 is 0 Å². The van der Waals surface area contributed by atoms with E-state index < -0.39 is 0 Å². The average Bonchev–Trinajstić information content (AvgIpc) is 2.59. The molecule has 5 heteroatoms. The molecular formula is C19H22ClNO3. The van der Waals surface area contributed by atoms with Crippen molar-refractivity contribution in [2.24, 2.45) is 0 Å². The first kappa shape index (κ1) is 18.1. The first-order valence-corrected chi connectivity index (χ1v) is 8.28. The van der Waals surface area contributed by atoms with Crippen molar-refractivity contribution in [1.82, 2.24) is 5.32 Å². The molecule has 0 aliphatic carbocycles. The number of rotatable bonds is 8. The molecule has 1 unspecified atom stereocenters. The molecule has 1 atom stereocenters. The van der Waals surface area contributed by atoms with Crippen LogP contribution in [0.2, 0.25) is 5.02 Å². The maximum atomic E-state index is 12.0. The highest BCUT2D eigenvalue weighted by Crippen LogP contribution is 2.18. The van der Waals surface area contributed by atoms with E-state index in [1.165, 1.54) is 0 Å². The third-order valence-corrected chi connectivity index (χ3v) is 3.84. The van der Waals surface area contributed by atoms with Gasteiger partial charge in [0, 0.05) is 11.4 Å². The summed E-state index contributed by atoms with van der Waals surface area (Å²) < 4.78 is 10.7. The largest absolute Gasteiger partial charge is 0.497 e. The van der Waals surface area contributed by atoms with E-state index in [0.717, 1.165) is 17.1 Å². The maximum absolute atomic E-state index is 12.0. The number of ether oxygens (including phenoxy) is 2. The molecule has 0 bridgehead atoms. The zero-order chi connectivity index (χ0) is 17.4. The Morgan fingerprint density at radius 1 is 1.17 bits per heavy atom. The Hall–Kier alpha value is -2.20. The Labute approximate surface area is 147 Å². The first-order valence-electron chi connectivity index (χ1n) is 7.90. The molecule has 2 aromatic carbocycles. The molecule has 0 saturated heterocycles.